The summed E-state index contributed by atoms with van der Waals surface area (Å²) in [5.74, 6) is -1.51. The Morgan fingerprint density at radius 1 is 1.28 bits per heavy atom. The molecule has 1 saturated heterocycles. The molecule has 1 aliphatic heterocycles. The van der Waals surface area contributed by atoms with E-state index in [0.717, 1.165) is 0 Å². The van der Waals surface area contributed by atoms with E-state index in [1.807, 2.05) is 39.9 Å². The summed E-state index contributed by atoms with van der Waals surface area (Å²) in [6, 6.07) is 2.61. The highest BCUT2D eigenvalue weighted by atomic mass is 32.5. The van der Waals surface area contributed by atoms with Gasteiger partial charge < -0.3 is 38.1 Å². The van der Waals surface area contributed by atoms with Gasteiger partial charge >= 0.3 is 15.0 Å². The normalized spacial score (nSPS) is 26.7. The van der Waals surface area contributed by atoms with E-state index in [2.05, 4.69) is 35.6 Å². The molecule has 0 aromatic carbocycles. The maximum atomic E-state index is 15.9. The minimum absolute atomic E-state index is 0.00733. The Morgan fingerprint density at radius 3 is 2.64 bits per heavy atom. The zero-order chi connectivity index (χ0) is 42.6. The van der Waals surface area contributed by atoms with E-state index in [1.165, 1.54) is 29.5 Å². The van der Waals surface area contributed by atoms with Gasteiger partial charge in [-0.3, -0.25) is 33.5 Å². The number of nitrogens with one attached hydrogen (secondary N) is 3. The van der Waals surface area contributed by atoms with Gasteiger partial charge in [0.15, 0.2) is 25.7 Å². The third-order valence-corrected chi connectivity index (χ3v) is 17.5. The minimum Gasteiger partial charge on any atom is -0.408 e. The number of hydrogen-bond acceptors (Lipinski definition) is 17. The van der Waals surface area contributed by atoms with E-state index in [9.17, 15) is 29.4 Å². The molecule has 0 spiro atoms. The van der Waals surface area contributed by atoms with Crippen molar-refractivity contribution in [2.45, 2.75) is 108 Å². The number of nitrogens with zero attached hydrogens (tertiary/aromatic N) is 6. The lowest BCUT2D eigenvalue weighted by molar-refractivity contribution is -0.118. The molecule has 10 atom stereocenters. The van der Waals surface area contributed by atoms with E-state index >= 15 is 4.39 Å². The topological polar surface area (TPSA) is 267 Å². The van der Waals surface area contributed by atoms with E-state index < -0.39 is 96.1 Å². The first-order chi connectivity index (χ1) is 27.3. The number of halogens is 1. The number of imidazole rings is 1. The Balaban J connectivity index is 1.53. The molecule has 1 aliphatic carbocycles. The molecule has 3 aromatic heterocycles. The number of alkyl halides is 1. The van der Waals surface area contributed by atoms with Crippen LogP contribution in [0.15, 0.2) is 29.7 Å². The summed E-state index contributed by atoms with van der Waals surface area (Å²) in [7, 11) is -6.30. The van der Waals surface area contributed by atoms with Crippen molar-refractivity contribution in [2.75, 3.05) is 30.5 Å². The van der Waals surface area contributed by atoms with Crippen LogP contribution in [0.5, 0.6) is 0 Å². The average Bonchev–Trinajstić information content (AvgIpc) is 3.80. The fourth-order valence-corrected chi connectivity index (χ4v) is 10.1. The lowest BCUT2D eigenvalue weighted by atomic mass is 10.1. The highest BCUT2D eigenvalue weighted by Gasteiger charge is 2.54. The fourth-order valence-electron chi connectivity index (χ4n) is 6.14. The predicted molar refractivity (Wildman–Crippen MR) is 215 cm³/mol. The van der Waals surface area contributed by atoms with Crippen LogP contribution in [-0.4, -0.2) is 110 Å². The van der Waals surface area contributed by atoms with Crippen molar-refractivity contribution in [1.29, 1.82) is 5.26 Å². The van der Waals surface area contributed by atoms with Crippen molar-refractivity contribution in [1.82, 2.24) is 29.5 Å². The number of rotatable bonds is 18. The first-order valence-electron chi connectivity index (χ1n) is 18.5. The number of ether oxygens (including phenoxy) is 1. The van der Waals surface area contributed by atoms with Crippen LogP contribution in [0, 0.1) is 23.2 Å². The third kappa shape index (κ3) is 10.8. The quantitative estimate of drug-likeness (QED) is 0.0687. The number of fused-ring (bicyclic) bond motifs is 1. The number of aliphatic hydroxyl groups excluding tert-OH is 1. The SMILES string of the molecule is CC(C)C(=O)Nc1nc2c(ncn2[C@@H]2O[C@H](CO)[C@@H](O[Si](C)(C)C(C)(C)C)[C@H]2OP(=S)(OCCC#N)OC[C@H]2C[C@@H](Nc3ccncn3)[C@@H](F)[C@@H]2O[PH](=O)O)c(=O)[nH]1. The van der Waals surface area contributed by atoms with Gasteiger partial charge in [0, 0.05) is 18.0 Å². The first-order valence-corrected chi connectivity index (χ1v) is 25.2. The average molecular weight is 890 g/mol. The summed E-state index contributed by atoms with van der Waals surface area (Å²) in [4.78, 5) is 54.6. The zero-order valence-electron chi connectivity index (χ0n) is 33.0. The second kappa shape index (κ2) is 19.1. The lowest BCUT2D eigenvalue weighted by Gasteiger charge is -2.41. The predicted octanol–water partition coefficient (Wildman–Crippen LogP) is 3.95. The number of carbonyl (C=O) groups is 1. The fraction of sp³-hybridized carbons (Fsp3) is 0.667. The number of nitriles is 1. The van der Waals surface area contributed by atoms with E-state index in [0.29, 0.717) is 5.82 Å². The molecule has 0 radical (unpaired) electrons. The summed E-state index contributed by atoms with van der Waals surface area (Å²) in [5, 5.41) is 25.3. The highest BCUT2D eigenvalue weighted by Crippen LogP contribution is 2.56. The molecule has 1 saturated carbocycles. The Hall–Kier alpha value is -3.10. The van der Waals surface area contributed by atoms with Gasteiger partial charge in [0.2, 0.25) is 11.9 Å². The van der Waals surface area contributed by atoms with Gasteiger partial charge in [-0.25, -0.2) is 19.3 Å². The Labute approximate surface area is 340 Å². The molecule has 4 heterocycles. The van der Waals surface area contributed by atoms with Crippen LogP contribution in [0.3, 0.4) is 0 Å². The number of aromatic amines is 1. The standard InChI is InChI=1S/C33H50FN9O11P2SSi/c1-18(2)29(45)41-32-40-28-24(30(46)42-32)38-17-43(28)31-27(26(21(14-44)51-31)54-58(6,7)33(3,4)5)53-56(57,49-12-8-10-35)50-15-19-13-20(23(34)25(19)52-55(47)48)39-22-9-11-36-16-37-22/h9,11,16-21,23,25-27,31,44,55H,8,12-15H2,1-7H3,(H,47,48)(H,36,37,39)(H2,40,41,42,45,46)/t19-,20-,21-,23-,25-,26-,27-,31-,56?/m1/s1. The molecule has 25 heteroatoms. The Bertz CT molecular complexity index is 2070. The van der Waals surface area contributed by atoms with Gasteiger partial charge in [0.25, 0.3) is 5.56 Å². The maximum absolute atomic E-state index is 15.9. The molecule has 0 bridgehead atoms. The second-order valence-corrected chi connectivity index (χ2v) is 24.1. The summed E-state index contributed by atoms with van der Waals surface area (Å²) in [6.07, 6.45) is -3.75. The number of hydrogen-bond donors (Lipinski definition) is 5. The van der Waals surface area contributed by atoms with Crippen LogP contribution in [0.2, 0.25) is 18.1 Å². The van der Waals surface area contributed by atoms with Crippen molar-refractivity contribution < 1.29 is 51.0 Å². The van der Waals surface area contributed by atoms with Crippen molar-refractivity contribution in [3.63, 3.8) is 0 Å². The van der Waals surface area contributed by atoms with Gasteiger partial charge in [-0.2, -0.15) is 10.2 Å². The molecule has 1 amide bonds. The summed E-state index contributed by atoms with van der Waals surface area (Å²) in [5.41, 5.74) is -0.759. The summed E-state index contributed by atoms with van der Waals surface area (Å²) in [6.45, 7) is 8.24. The summed E-state index contributed by atoms with van der Waals surface area (Å²) >= 11 is 5.97. The van der Waals surface area contributed by atoms with Crippen LogP contribution >= 0.6 is 15.0 Å². The van der Waals surface area contributed by atoms with Crippen LogP contribution in [0.25, 0.3) is 11.2 Å². The number of aliphatic hydroxyl groups is 1. The molecule has 3 aromatic rings. The second-order valence-electron chi connectivity index (χ2n) is 15.7. The molecule has 2 fully saturated rings. The van der Waals surface area contributed by atoms with Gasteiger partial charge in [0.1, 0.15) is 42.7 Å². The van der Waals surface area contributed by atoms with Gasteiger partial charge in [-0.1, -0.05) is 34.6 Å². The van der Waals surface area contributed by atoms with Crippen molar-refractivity contribution in [3.8, 4) is 6.07 Å². The molecule has 2 unspecified atom stereocenters. The molecule has 320 valence electrons. The van der Waals surface area contributed by atoms with Crippen molar-refractivity contribution in [3.05, 3.63) is 35.3 Å². The van der Waals surface area contributed by atoms with Crippen LogP contribution < -0.4 is 16.2 Å². The van der Waals surface area contributed by atoms with Crippen molar-refractivity contribution in [2.24, 2.45) is 11.8 Å². The third-order valence-electron chi connectivity index (χ3n) is 10.2. The monoisotopic (exact) mass is 889 g/mol. The molecule has 58 heavy (non-hydrogen) atoms. The smallest absolute Gasteiger partial charge is 0.327 e. The van der Waals surface area contributed by atoms with Crippen molar-refractivity contribution >= 4 is 63.9 Å². The molecule has 2 aliphatic rings. The number of H-pyrrole nitrogens is 1. The Morgan fingerprint density at radius 2 is 2.02 bits per heavy atom. The molecule has 20 nitrogen and oxygen atoms in total. The molecular formula is C33H50FN9O11P2SSi. The largest absolute Gasteiger partial charge is 0.408 e. The van der Waals surface area contributed by atoms with E-state index in [-0.39, 0.29) is 48.2 Å². The number of anilines is 2. The summed E-state index contributed by atoms with van der Waals surface area (Å²) < 4.78 is 66.5. The van der Waals surface area contributed by atoms with Gasteiger partial charge in [-0.05, 0) is 42.4 Å². The Kier molecular flexibility index (Phi) is 15.1. The van der Waals surface area contributed by atoms with E-state index in [1.54, 1.807) is 13.8 Å². The lowest BCUT2D eigenvalue weighted by Crippen LogP contribution is -2.50. The molecule has 5 rings (SSSR count). The minimum atomic E-state index is -4.02. The molecular weight excluding hydrogens is 840 g/mol. The van der Waals surface area contributed by atoms with Gasteiger partial charge in [0.05, 0.1) is 44.7 Å². The zero-order valence-corrected chi connectivity index (χ0v) is 36.7. The van der Waals surface area contributed by atoms with Crippen LogP contribution in [0.1, 0.15) is 53.7 Å². The highest BCUT2D eigenvalue weighted by molar-refractivity contribution is 8.07. The number of carbonyl (C=O) groups excluding carboxylic acids is 1. The molecule has 5 N–H and O–H groups in total. The first kappa shape index (κ1) is 46.0. The van der Waals surface area contributed by atoms with Crippen LogP contribution in [-0.2, 0) is 48.4 Å². The maximum Gasteiger partial charge on any atom is 0.327 e. The van der Waals surface area contributed by atoms with Gasteiger partial charge in [-0.15, -0.1) is 0 Å². The number of amides is 1. The van der Waals surface area contributed by atoms with E-state index in [4.69, 9.17) is 39.1 Å². The van der Waals surface area contributed by atoms with Crippen LogP contribution in [0.4, 0.5) is 16.2 Å². The number of aromatic nitrogens is 6.